The van der Waals surface area contributed by atoms with Crippen molar-refractivity contribution in [2.24, 2.45) is 4.99 Å². The molecule has 1 heterocycles. The summed E-state index contributed by atoms with van der Waals surface area (Å²) in [6.45, 7) is 3.90. The molecule has 0 bridgehead atoms. The number of hydrogen-bond donors (Lipinski definition) is 2. The number of rotatable bonds is 6. The summed E-state index contributed by atoms with van der Waals surface area (Å²) in [5.74, 6) is 0.0892. The van der Waals surface area contributed by atoms with Crippen LogP contribution in [0.3, 0.4) is 0 Å². The summed E-state index contributed by atoms with van der Waals surface area (Å²) in [5.41, 5.74) is 1.61. The van der Waals surface area contributed by atoms with Gasteiger partial charge in [0.05, 0.1) is 19.3 Å². The lowest BCUT2D eigenvalue weighted by Gasteiger charge is -2.35. The van der Waals surface area contributed by atoms with Crippen LogP contribution < -0.4 is 10.6 Å². The maximum absolute atomic E-state index is 13.8. The van der Waals surface area contributed by atoms with E-state index in [0.29, 0.717) is 37.8 Å². The van der Waals surface area contributed by atoms with Gasteiger partial charge in [0.25, 0.3) is 0 Å². The Morgan fingerprint density at radius 1 is 1.07 bits per heavy atom. The molecule has 28 heavy (non-hydrogen) atoms. The fourth-order valence-electron chi connectivity index (χ4n) is 3.27. The van der Waals surface area contributed by atoms with E-state index >= 15 is 0 Å². The standard InChI is InChI=1S/C21H26F2N4O/c1-24-21(25-14-17-4-2-3-5-19(17)23)26-15-20(27-10-12-28-13-11-27)16-6-8-18(22)9-7-16/h2-9,20H,10-15H2,1H3,(H2,24,25,26). The average molecular weight is 388 g/mol. The van der Waals surface area contributed by atoms with Crippen molar-refractivity contribution in [3.63, 3.8) is 0 Å². The van der Waals surface area contributed by atoms with Gasteiger partial charge in [0, 0.05) is 38.8 Å². The first-order chi connectivity index (χ1) is 13.7. The Balaban J connectivity index is 1.64. The Morgan fingerprint density at radius 2 is 1.79 bits per heavy atom. The normalized spacial score (nSPS) is 16.6. The monoisotopic (exact) mass is 388 g/mol. The Morgan fingerprint density at radius 3 is 2.46 bits per heavy atom. The van der Waals surface area contributed by atoms with Gasteiger partial charge in [0.1, 0.15) is 11.6 Å². The maximum Gasteiger partial charge on any atom is 0.191 e. The molecule has 0 radical (unpaired) electrons. The number of morpholine rings is 1. The SMILES string of the molecule is CN=C(NCc1ccccc1F)NCC(c1ccc(F)cc1)N1CCOCC1. The number of benzene rings is 2. The van der Waals surface area contributed by atoms with E-state index in [0.717, 1.165) is 18.7 Å². The van der Waals surface area contributed by atoms with Crippen molar-refractivity contribution in [3.05, 3.63) is 71.3 Å². The first kappa shape index (κ1) is 20.2. The summed E-state index contributed by atoms with van der Waals surface area (Å²) in [5, 5.41) is 6.45. The molecule has 7 heteroatoms. The molecule has 0 saturated carbocycles. The van der Waals surface area contributed by atoms with Crippen molar-refractivity contribution in [3.8, 4) is 0 Å². The van der Waals surface area contributed by atoms with Crippen LogP contribution in [0.2, 0.25) is 0 Å². The summed E-state index contributed by atoms with van der Waals surface area (Å²) in [6.07, 6.45) is 0. The van der Waals surface area contributed by atoms with Crippen LogP contribution in [0.15, 0.2) is 53.5 Å². The van der Waals surface area contributed by atoms with E-state index in [-0.39, 0.29) is 17.7 Å². The molecule has 2 N–H and O–H groups in total. The fraction of sp³-hybridized carbons (Fsp3) is 0.381. The zero-order chi connectivity index (χ0) is 19.8. The van der Waals surface area contributed by atoms with Gasteiger partial charge in [0.15, 0.2) is 5.96 Å². The second-order valence-electron chi connectivity index (χ2n) is 6.61. The number of nitrogens with one attached hydrogen (secondary N) is 2. The summed E-state index contributed by atoms with van der Waals surface area (Å²) < 4.78 is 32.6. The van der Waals surface area contributed by atoms with Crippen molar-refractivity contribution in [1.82, 2.24) is 15.5 Å². The van der Waals surface area contributed by atoms with Gasteiger partial charge in [0.2, 0.25) is 0 Å². The molecule has 2 aromatic rings. The number of aliphatic imine (C=N–C) groups is 1. The van der Waals surface area contributed by atoms with Gasteiger partial charge < -0.3 is 15.4 Å². The minimum absolute atomic E-state index is 0.0523. The van der Waals surface area contributed by atoms with E-state index in [9.17, 15) is 8.78 Å². The van der Waals surface area contributed by atoms with E-state index in [1.54, 1.807) is 25.2 Å². The first-order valence-corrected chi connectivity index (χ1v) is 9.42. The van der Waals surface area contributed by atoms with Gasteiger partial charge >= 0.3 is 0 Å². The highest BCUT2D eigenvalue weighted by molar-refractivity contribution is 5.79. The van der Waals surface area contributed by atoms with Gasteiger partial charge in [-0.25, -0.2) is 8.78 Å². The number of hydrogen-bond acceptors (Lipinski definition) is 3. The number of guanidine groups is 1. The predicted molar refractivity (Wildman–Crippen MR) is 106 cm³/mol. The van der Waals surface area contributed by atoms with Crippen molar-refractivity contribution in [2.45, 2.75) is 12.6 Å². The van der Waals surface area contributed by atoms with E-state index in [4.69, 9.17) is 4.74 Å². The van der Waals surface area contributed by atoms with E-state index in [1.165, 1.54) is 18.2 Å². The summed E-state index contributed by atoms with van der Waals surface area (Å²) in [7, 11) is 1.68. The van der Waals surface area contributed by atoms with E-state index in [2.05, 4.69) is 20.5 Å². The summed E-state index contributed by atoms with van der Waals surface area (Å²) >= 11 is 0. The fourth-order valence-corrected chi connectivity index (χ4v) is 3.27. The first-order valence-electron chi connectivity index (χ1n) is 9.42. The molecule has 1 fully saturated rings. The number of halogens is 2. The third-order valence-corrected chi connectivity index (χ3v) is 4.83. The van der Waals surface area contributed by atoms with Gasteiger partial charge in [-0.15, -0.1) is 0 Å². The third kappa shape index (κ3) is 5.50. The molecule has 0 aliphatic carbocycles. The molecular weight excluding hydrogens is 362 g/mol. The summed E-state index contributed by atoms with van der Waals surface area (Å²) in [4.78, 5) is 6.54. The van der Waals surface area contributed by atoms with Crippen molar-refractivity contribution < 1.29 is 13.5 Å². The molecular formula is C21H26F2N4O. The van der Waals surface area contributed by atoms with Crippen LogP contribution in [0, 0.1) is 11.6 Å². The molecule has 1 unspecified atom stereocenters. The molecule has 1 saturated heterocycles. The van der Waals surface area contributed by atoms with Crippen molar-refractivity contribution >= 4 is 5.96 Å². The molecule has 0 spiro atoms. The maximum atomic E-state index is 13.8. The van der Waals surface area contributed by atoms with Gasteiger partial charge in [-0.3, -0.25) is 9.89 Å². The molecule has 5 nitrogen and oxygen atoms in total. The lowest BCUT2D eigenvalue weighted by atomic mass is 10.0. The molecule has 1 aliphatic heterocycles. The van der Waals surface area contributed by atoms with Gasteiger partial charge in [-0.2, -0.15) is 0 Å². The van der Waals surface area contributed by atoms with Crippen LogP contribution in [-0.2, 0) is 11.3 Å². The molecule has 150 valence electrons. The number of nitrogens with zero attached hydrogens (tertiary/aromatic N) is 2. The van der Waals surface area contributed by atoms with Crippen molar-refractivity contribution in [2.75, 3.05) is 39.9 Å². The Hall–Kier alpha value is -2.51. The van der Waals surface area contributed by atoms with E-state index < -0.39 is 0 Å². The third-order valence-electron chi connectivity index (χ3n) is 4.83. The van der Waals surface area contributed by atoms with Crippen LogP contribution >= 0.6 is 0 Å². The van der Waals surface area contributed by atoms with E-state index in [1.807, 2.05) is 12.1 Å². The highest BCUT2D eigenvalue weighted by Crippen LogP contribution is 2.21. The summed E-state index contributed by atoms with van der Waals surface area (Å²) in [6, 6.07) is 13.3. The quantitative estimate of drug-likeness (QED) is 0.590. The topological polar surface area (TPSA) is 48.9 Å². The minimum atomic E-state index is -0.250. The zero-order valence-electron chi connectivity index (χ0n) is 16.0. The Labute approximate surface area is 164 Å². The minimum Gasteiger partial charge on any atom is -0.379 e. The van der Waals surface area contributed by atoms with Crippen LogP contribution in [0.25, 0.3) is 0 Å². The molecule has 0 amide bonds. The largest absolute Gasteiger partial charge is 0.379 e. The Bertz CT molecular complexity index is 776. The molecule has 1 atom stereocenters. The average Bonchev–Trinajstić information content (AvgIpc) is 2.73. The van der Waals surface area contributed by atoms with Crippen LogP contribution in [0.4, 0.5) is 8.78 Å². The molecule has 1 aliphatic rings. The van der Waals surface area contributed by atoms with Crippen LogP contribution in [-0.4, -0.2) is 50.8 Å². The second kappa shape index (κ2) is 10.1. The molecule has 2 aromatic carbocycles. The zero-order valence-corrected chi connectivity index (χ0v) is 16.0. The van der Waals surface area contributed by atoms with Crippen LogP contribution in [0.5, 0.6) is 0 Å². The molecule has 3 rings (SSSR count). The lowest BCUT2D eigenvalue weighted by Crippen LogP contribution is -2.46. The molecule has 0 aromatic heterocycles. The van der Waals surface area contributed by atoms with Crippen LogP contribution in [0.1, 0.15) is 17.2 Å². The number of ether oxygens (including phenoxy) is 1. The van der Waals surface area contributed by atoms with Crippen molar-refractivity contribution in [1.29, 1.82) is 0 Å². The highest BCUT2D eigenvalue weighted by atomic mass is 19.1. The lowest BCUT2D eigenvalue weighted by molar-refractivity contribution is 0.0170. The smallest absolute Gasteiger partial charge is 0.191 e. The second-order valence-corrected chi connectivity index (χ2v) is 6.61. The Kier molecular flexibility index (Phi) is 7.33. The van der Waals surface area contributed by atoms with Gasteiger partial charge in [-0.1, -0.05) is 30.3 Å². The predicted octanol–water partition coefficient (Wildman–Crippen LogP) is 2.70. The highest BCUT2D eigenvalue weighted by Gasteiger charge is 2.23. The van der Waals surface area contributed by atoms with Gasteiger partial charge in [-0.05, 0) is 23.8 Å².